The van der Waals surface area contributed by atoms with E-state index in [1.807, 2.05) is 24.3 Å². The Balaban J connectivity index is 1.42. The Morgan fingerprint density at radius 1 is 0.880 bits per heavy atom. The average Bonchev–Trinajstić information content (AvgIpc) is 2.68. The van der Waals surface area contributed by atoms with Crippen LogP contribution in [-0.4, -0.2) is 46.0 Å². The molecule has 0 spiro atoms. The molecular formula is C21H28N2OS. The van der Waals surface area contributed by atoms with Crippen molar-refractivity contribution in [1.29, 1.82) is 0 Å². The van der Waals surface area contributed by atoms with E-state index in [9.17, 15) is 4.55 Å². The molecule has 2 aromatic carbocycles. The Morgan fingerprint density at radius 2 is 1.56 bits per heavy atom. The van der Waals surface area contributed by atoms with E-state index in [4.69, 9.17) is 0 Å². The minimum Gasteiger partial charge on any atom is -0.593 e. The first-order valence-corrected chi connectivity index (χ1v) is 10.7. The van der Waals surface area contributed by atoms with Gasteiger partial charge in [-0.2, -0.15) is 0 Å². The molecule has 1 unspecified atom stereocenters. The third-order valence-electron chi connectivity index (χ3n) is 5.93. The van der Waals surface area contributed by atoms with Crippen molar-refractivity contribution in [2.45, 2.75) is 43.5 Å². The maximum absolute atomic E-state index is 13.2. The van der Waals surface area contributed by atoms with Gasteiger partial charge in [0.05, 0.1) is 11.4 Å². The second-order valence-electron chi connectivity index (χ2n) is 7.61. The number of likely N-dealkylation sites (tertiary alicyclic amines) is 1. The van der Waals surface area contributed by atoms with Crippen LogP contribution in [0.25, 0.3) is 10.8 Å². The molecule has 4 heteroatoms. The molecule has 0 aromatic heterocycles. The first-order valence-electron chi connectivity index (χ1n) is 9.61. The summed E-state index contributed by atoms with van der Waals surface area (Å²) < 4.78 is 15.3. The maximum Gasteiger partial charge on any atom is 0.181 e. The molecule has 2 aliphatic rings. The quantitative estimate of drug-likeness (QED) is 0.777. The van der Waals surface area contributed by atoms with Crippen LogP contribution in [0, 0.1) is 5.92 Å². The Bertz CT molecular complexity index is 701. The molecule has 0 bridgehead atoms. The van der Waals surface area contributed by atoms with Crippen molar-refractivity contribution < 1.29 is 4.55 Å². The van der Waals surface area contributed by atoms with Crippen LogP contribution >= 0.6 is 0 Å². The molecule has 0 N–H and O–H groups in total. The van der Waals surface area contributed by atoms with E-state index in [1.165, 1.54) is 31.3 Å². The minimum absolute atomic E-state index is 0.688. The van der Waals surface area contributed by atoms with E-state index in [1.54, 1.807) is 0 Å². The van der Waals surface area contributed by atoms with Crippen LogP contribution in [0.5, 0.6) is 0 Å². The predicted molar refractivity (Wildman–Crippen MR) is 105 cm³/mol. The second-order valence-corrected chi connectivity index (χ2v) is 9.06. The molecule has 2 aromatic rings. The number of benzene rings is 2. The van der Waals surface area contributed by atoms with Crippen LogP contribution in [0.4, 0.5) is 0 Å². The van der Waals surface area contributed by atoms with E-state index in [0.717, 1.165) is 42.1 Å². The van der Waals surface area contributed by atoms with Crippen LogP contribution in [0.1, 0.15) is 32.6 Å². The van der Waals surface area contributed by atoms with Gasteiger partial charge in [-0.3, -0.25) is 0 Å². The molecule has 0 aliphatic carbocycles. The molecule has 4 rings (SSSR count). The highest BCUT2D eigenvalue weighted by Crippen LogP contribution is 2.29. The van der Waals surface area contributed by atoms with E-state index >= 15 is 0 Å². The van der Waals surface area contributed by atoms with Gasteiger partial charge >= 0.3 is 0 Å². The standard InChI is InChI=1S/C21H28N2OS/c1-17-9-13-22(14-10-17)19-11-15-23(16-12-19)25(24)21-8-4-6-18-5-2-3-7-20(18)21/h2-8,17,19H,9-16H2,1H3. The number of rotatable bonds is 3. The van der Waals surface area contributed by atoms with Crippen LogP contribution < -0.4 is 0 Å². The third kappa shape index (κ3) is 3.72. The van der Waals surface area contributed by atoms with Gasteiger partial charge in [0.1, 0.15) is 0 Å². The summed E-state index contributed by atoms with van der Waals surface area (Å²) in [5, 5.41) is 2.29. The first kappa shape index (κ1) is 17.3. The number of hydrogen-bond donors (Lipinski definition) is 0. The Kier molecular flexibility index (Phi) is 5.32. The Labute approximate surface area is 154 Å². The van der Waals surface area contributed by atoms with Gasteiger partial charge in [-0.05, 0) is 62.2 Å². The Morgan fingerprint density at radius 3 is 2.32 bits per heavy atom. The van der Waals surface area contributed by atoms with Crippen molar-refractivity contribution in [3.63, 3.8) is 0 Å². The van der Waals surface area contributed by atoms with E-state index in [2.05, 4.69) is 34.3 Å². The molecule has 134 valence electrons. The van der Waals surface area contributed by atoms with Crippen LogP contribution in [0.3, 0.4) is 0 Å². The van der Waals surface area contributed by atoms with E-state index < -0.39 is 11.4 Å². The lowest BCUT2D eigenvalue weighted by Gasteiger charge is -2.40. The van der Waals surface area contributed by atoms with Crippen LogP contribution in [0.15, 0.2) is 47.4 Å². The van der Waals surface area contributed by atoms with E-state index in [-0.39, 0.29) is 0 Å². The lowest BCUT2D eigenvalue weighted by Crippen LogP contribution is -2.48. The van der Waals surface area contributed by atoms with Gasteiger partial charge in [-0.25, -0.2) is 0 Å². The second kappa shape index (κ2) is 7.67. The molecule has 0 saturated carbocycles. The third-order valence-corrected chi connectivity index (χ3v) is 7.50. The van der Waals surface area contributed by atoms with Gasteiger partial charge in [0.15, 0.2) is 4.90 Å². The first-order chi connectivity index (χ1) is 12.2. The number of piperidine rings is 2. The molecule has 0 radical (unpaired) electrons. The molecule has 25 heavy (non-hydrogen) atoms. The van der Waals surface area contributed by atoms with Gasteiger partial charge in [0, 0.05) is 24.5 Å². The SMILES string of the molecule is CC1CCN(C2CCN([S+]([O-])c3cccc4ccccc34)CC2)CC1. The topological polar surface area (TPSA) is 29.5 Å². The molecule has 2 aliphatic heterocycles. The lowest BCUT2D eigenvalue weighted by molar-refractivity contribution is 0.101. The highest BCUT2D eigenvalue weighted by atomic mass is 32.2. The summed E-state index contributed by atoms with van der Waals surface area (Å²) in [5.41, 5.74) is 0. The molecule has 3 nitrogen and oxygen atoms in total. The molecule has 0 amide bonds. The summed E-state index contributed by atoms with van der Waals surface area (Å²) in [6.45, 7) is 6.74. The average molecular weight is 357 g/mol. The highest BCUT2D eigenvalue weighted by Gasteiger charge is 2.32. The fourth-order valence-electron chi connectivity index (χ4n) is 4.25. The number of nitrogens with zero attached hydrogens (tertiary/aromatic N) is 2. The summed E-state index contributed by atoms with van der Waals surface area (Å²) in [5.74, 6) is 0.884. The van der Waals surface area contributed by atoms with Gasteiger partial charge in [-0.15, -0.1) is 4.31 Å². The van der Waals surface area contributed by atoms with Gasteiger partial charge < -0.3 is 9.45 Å². The van der Waals surface area contributed by atoms with Crippen molar-refractivity contribution in [2.75, 3.05) is 26.2 Å². The molecule has 2 fully saturated rings. The van der Waals surface area contributed by atoms with Crippen molar-refractivity contribution in [1.82, 2.24) is 9.21 Å². The highest BCUT2D eigenvalue weighted by molar-refractivity contribution is 7.89. The Hall–Kier alpha value is -1.07. The summed E-state index contributed by atoms with van der Waals surface area (Å²) in [6, 6.07) is 15.1. The van der Waals surface area contributed by atoms with Gasteiger partial charge in [0.25, 0.3) is 0 Å². The molecular weight excluding hydrogens is 328 g/mol. The smallest absolute Gasteiger partial charge is 0.181 e. The summed E-state index contributed by atoms with van der Waals surface area (Å²) >= 11 is -1.06. The van der Waals surface area contributed by atoms with Crippen molar-refractivity contribution in [3.8, 4) is 0 Å². The van der Waals surface area contributed by atoms with Crippen LogP contribution in [-0.2, 0) is 11.4 Å². The molecule has 2 heterocycles. The maximum atomic E-state index is 13.2. The minimum atomic E-state index is -1.06. The normalized spacial score (nSPS) is 23.1. The summed E-state index contributed by atoms with van der Waals surface area (Å²) in [7, 11) is 0. The number of fused-ring (bicyclic) bond motifs is 1. The fraction of sp³-hybridized carbons (Fsp3) is 0.524. The predicted octanol–water partition coefficient (Wildman–Crippen LogP) is 4.06. The largest absolute Gasteiger partial charge is 0.593 e. The van der Waals surface area contributed by atoms with Crippen molar-refractivity contribution in [2.24, 2.45) is 5.92 Å². The van der Waals surface area contributed by atoms with Crippen LogP contribution in [0.2, 0.25) is 0 Å². The zero-order chi connectivity index (χ0) is 17.2. The van der Waals surface area contributed by atoms with Crippen molar-refractivity contribution in [3.05, 3.63) is 42.5 Å². The summed E-state index contributed by atoms with van der Waals surface area (Å²) in [6.07, 6.45) is 4.96. The number of hydrogen-bond acceptors (Lipinski definition) is 3. The van der Waals surface area contributed by atoms with Gasteiger partial charge in [0.2, 0.25) is 0 Å². The fourth-order valence-corrected chi connectivity index (χ4v) is 5.64. The zero-order valence-corrected chi connectivity index (χ0v) is 15.9. The molecule has 1 atom stereocenters. The monoisotopic (exact) mass is 356 g/mol. The zero-order valence-electron chi connectivity index (χ0n) is 15.1. The summed E-state index contributed by atoms with van der Waals surface area (Å²) in [4.78, 5) is 3.64. The van der Waals surface area contributed by atoms with E-state index in [0.29, 0.717) is 6.04 Å². The lowest BCUT2D eigenvalue weighted by atomic mass is 9.95. The van der Waals surface area contributed by atoms with Gasteiger partial charge in [-0.1, -0.05) is 37.3 Å². The van der Waals surface area contributed by atoms with Crippen molar-refractivity contribution >= 4 is 22.1 Å². The molecule has 2 saturated heterocycles.